The van der Waals surface area contributed by atoms with Crippen LogP contribution in [0.2, 0.25) is 0 Å². The number of halogens is 2. The lowest BCUT2D eigenvalue weighted by atomic mass is 10.1. The molecule has 0 aliphatic carbocycles. The highest BCUT2D eigenvalue weighted by Gasteiger charge is 2.35. The van der Waals surface area contributed by atoms with E-state index in [1.54, 1.807) is 12.1 Å². The third-order valence-corrected chi connectivity index (χ3v) is 4.43. The summed E-state index contributed by atoms with van der Waals surface area (Å²) in [5.74, 6) is -3.06. The van der Waals surface area contributed by atoms with E-state index in [0.717, 1.165) is 0 Å². The molecule has 27 heavy (non-hydrogen) atoms. The van der Waals surface area contributed by atoms with Gasteiger partial charge in [-0.05, 0) is 18.2 Å². The quantitative estimate of drug-likeness (QED) is 0.684. The van der Waals surface area contributed by atoms with Crippen LogP contribution >= 0.6 is 0 Å². The second-order valence-corrected chi connectivity index (χ2v) is 6.23. The predicted molar refractivity (Wildman–Crippen MR) is 89.3 cm³/mol. The maximum Gasteiger partial charge on any atom is 0.255 e. The standard InChI is InChI=1S/C17H13F2N7O/c18-17(19)3-5-25(6-4-17)16(27)11-7-14-15(22-9-11)26(24-23-14)13-2-1-12(8-20)21-10-13/h1-2,7,9-10H,3-6H2. The minimum absolute atomic E-state index is 0.00741. The van der Waals surface area contributed by atoms with Gasteiger partial charge in [0.05, 0.1) is 17.4 Å². The lowest BCUT2D eigenvalue weighted by molar-refractivity contribution is -0.0494. The number of carbonyl (C=O) groups is 1. The van der Waals surface area contributed by atoms with Crippen molar-refractivity contribution in [1.29, 1.82) is 5.26 Å². The Morgan fingerprint density at radius 3 is 2.63 bits per heavy atom. The number of hydrogen-bond acceptors (Lipinski definition) is 6. The number of rotatable bonds is 2. The molecule has 1 aliphatic heterocycles. The SMILES string of the molecule is N#Cc1ccc(-n2nnc3cc(C(=O)N4CCC(F)(F)CC4)cnc32)cn1. The van der Waals surface area contributed by atoms with E-state index in [1.165, 1.54) is 28.0 Å². The molecule has 0 N–H and O–H groups in total. The zero-order valence-corrected chi connectivity index (χ0v) is 14.0. The molecule has 0 atom stereocenters. The van der Waals surface area contributed by atoms with Gasteiger partial charge in [-0.1, -0.05) is 5.21 Å². The van der Waals surface area contributed by atoms with Crippen molar-refractivity contribution in [3.63, 3.8) is 0 Å². The van der Waals surface area contributed by atoms with Crippen LogP contribution in [0, 0.1) is 11.3 Å². The molecule has 3 aromatic rings. The maximum atomic E-state index is 13.3. The number of nitrogens with zero attached hydrogens (tertiary/aromatic N) is 7. The molecular weight excluding hydrogens is 356 g/mol. The average Bonchev–Trinajstić information content (AvgIpc) is 3.10. The van der Waals surface area contributed by atoms with Crippen LogP contribution in [-0.2, 0) is 0 Å². The molecule has 1 aliphatic rings. The van der Waals surface area contributed by atoms with Crippen LogP contribution < -0.4 is 0 Å². The lowest BCUT2D eigenvalue weighted by Gasteiger charge is -2.31. The summed E-state index contributed by atoms with van der Waals surface area (Å²) in [5.41, 5.74) is 1.94. The fourth-order valence-electron chi connectivity index (χ4n) is 2.91. The Bertz CT molecular complexity index is 1050. The number of amides is 1. The number of hydrogen-bond donors (Lipinski definition) is 0. The van der Waals surface area contributed by atoms with Gasteiger partial charge in [0.25, 0.3) is 11.8 Å². The third kappa shape index (κ3) is 3.19. The van der Waals surface area contributed by atoms with Gasteiger partial charge in [-0.3, -0.25) is 4.79 Å². The average molecular weight is 369 g/mol. The Morgan fingerprint density at radius 2 is 1.96 bits per heavy atom. The van der Waals surface area contributed by atoms with Crippen LogP contribution in [0.25, 0.3) is 16.9 Å². The zero-order chi connectivity index (χ0) is 19.0. The summed E-state index contributed by atoms with van der Waals surface area (Å²) < 4.78 is 28.0. The Kier molecular flexibility index (Phi) is 3.99. The number of aromatic nitrogens is 5. The van der Waals surface area contributed by atoms with Crippen LogP contribution in [0.4, 0.5) is 8.78 Å². The Labute approximate surface area is 152 Å². The van der Waals surface area contributed by atoms with Gasteiger partial charge in [0.2, 0.25) is 0 Å². The molecule has 0 unspecified atom stereocenters. The molecule has 1 amide bonds. The first-order valence-corrected chi connectivity index (χ1v) is 8.22. The fourth-order valence-corrected chi connectivity index (χ4v) is 2.91. The van der Waals surface area contributed by atoms with Gasteiger partial charge >= 0.3 is 0 Å². The molecule has 0 radical (unpaired) electrons. The van der Waals surface area contributed by atoms with Gasteiger partial charge in [-0.25, -0.2) is 18.7 Å². The molecule has 136 valence electrons. The smallest absolute Gasteiger partial charge is 0.255 e. The highest BCUT2D eigenvalue weighted by Crippen LogP contribution is 2.28. The van der Waals surface area contributed by atoms with Gasteiger partial charge in [-0.2, -0.15) is 9.94 Å². The Balaban J connectivity index is 1.60. The Hall–Kier alpha value is -3.48. The lowest BCUT2D eigenvalue weighted by Crippen LogP contribution is -2.42. The van der Waals surface area contributed by atoms with Crippen molar-refractivity contribution in [2.75, 3.05) is 13.1 Å². The van der Waals surface area contributed by atoms with Crippen molar-refractivity contribution in [2.45, 2.75) is 18.8 Å². The van der Waals surface area contributed by atoms with E-state index < -0.39 is 5.92 Å². The van der Waals surface area contributed by atoms with Crippen LogP contribution in [0.3, 0.4) is 0 Å². The van der Waals surface area contributed by atoms with Crippen LogP contribution in [-0.4, -0.2) is 54.8 Å². The number of alkyl halides is 2. The topological polar surface area (TPSA) is 101 Å². The van der Waals surface area contributed by atoms with E-state index >= 15 is 0 Å². The largest absolute Gasteiger partial charge is 0.338 e. The molecule has 8 nitrogen and oxygen atoms in total. The molecular formula is C17H13F2N7O. The normalized spacial score (nSPS) is 16.3. The highest BCUT2D eigenvalue weighted by molar-refractivity contribution is 5.96. The van der Waals surface area contributed by atoms with Crippen molar-refractivity contribution in [1.82, 2.24) is 29.9 Å². The van der Waals surface area contributed by atoms with Crippen molar-refractivity contribution in [3.05, 3.63) is 41.9 Å². The third-order valence-electron chi connectivity index (χ3n) is 4.43. The van der Waals surface area contributed by atoms with Crippen molar-refractivity contribution >= 4 is 17.1 Å². The first-order valence-electron chi connectivity index (χ1n) is 8.22. The van der Waals surface area contributed by atoms with E-state index in [2.05, 4.69) is 20.3 Å². The van der Waals surface area contributed by atoms with Gasteiger partial charge in [0.15, 0.2) is 5.65 Å². The summed E-state index contributed by atoms with van der Waals surface area (Å²) in [5, 5.41) is 16.8. The number of pyridine rings is 2. The molecule has 4 rings (SSSR count). The summed E-state index contributed by atoms with van der Waals surface area (Å²) >= 11 is 0. The first kappa shape index (κ1) is 17.0. The fraction of sp³-hybridized carbons (Fsp3) is 0.294. The Morgan fingerprint density at radius 1 is 1.19 bits per heavy atom. The first-order chi connectivity index (χ1) is 13.0. The summed E-state index contributed by atoms with van der Waals surface area (Å²) in [4.78, 5) is 22.2. The number of carbonyl (C=O) groups excluding carboxylic acids is 1. The number of fused-ring (bicyclic) bond motifs is 1. The van der Waals surface area contributed by atoms with Gasteiger partial charge in [-0.15, -0.1) is 5.10 Å². The predicted octanol–water partition coefficient (Wildman–Crippen LogP) is 1.95. The van der Waals surface area contributed by atoms with Crippen LogP contribution in [0.5, 0.6) is 0 Å². The van der Waals surface area contributed by atoms with E-state index in [-0.39, 0.29) is 43.1 Å². The van der Waals surface area contributed by atoms with E-state index in [0.29, 0.717) is 16.9 Å². The van der Waals surface area contributed by atoms with Crippen LogP contribution in [0.15, 0.2) is 30.6 Å². The van der Waals surface area contributed by atoms with Crippen LogP contribution in [0.1, 0.15) is 28.9 Å². The monoisotopic (exact) mass is 369 g/mol. The number of piperidine rings is 1. The second kappa shape index (κ2) is 6.35. The minimum atomic E-state index is -2.71. The molecule has 4 heterocycles. The van der Waals surface area contributed by atoms with E-state index in [1.807, 2.05) is 6.07 Å². The zero-order valence-electron chi connectivity index (χ0n) is 14.0. The molecule has 1 fully saturated rings. The van der Waals surface area contributed by atoms with Crippen molar-refractivity contribution in [2.24, 2.45) is 0 Å². The number of likely N-dealkylation sites (tertiary alicyclic amines) is 1. The van der Waals surface area contributed by atoms with Gasteiger partial charge in [0, 0.05) is 32.1 Å². The molecule has 0 spiro atoms. The number of nitriles is 1. The van der Waals surface area contributed by atoms with Gasteiger partial charge < -0.3 is 4.90 Å². The van der Waals surface area contributed by atoms with Gasteiger partial charge in [0.1, 0.15) is 17.3 Å². The molecule has 0 bridgehead atoms. The summed E-state index contributed by atoms with van der Waals surface area (Å²) in [7, 11) is 0. The highest BCUT2D eigenvalue weighted by atomic mass is 19.3. The van der Waals surface area contributed by atoms with Crippen molar-refractivity contribution in [3.8, 4) is 11.8 Å². The minimum Gasteiger partial charge on any atom is -0.338 e. The second-order valence-electron chi connectivity index (χ2n) is 6.23. The molecule has 3 aromatic heterocycles. The molecule has 10 heteroatoms. The molecule has 0 saturated carbocycles. The molecule has 0 aromatic carbocycles. The van der Waals surface area contributed by atoms with Crippen molar-refractivity contribution < 1.29 is 13.6 Å². The van der Waals surface area contributed by atoms with E-state index in [4.69, 9.17) is 5.26 Å². The maximum absolute atomic E-state index is 13.3. The summed E-state index contributed by atoms with van der Waals surface area (Å²) in [6.07, 6.45) is 2.18. The van der Waals surface area contributed by atoms with E-state index in [9.17, 15) is 13.6 Å². The molecule has 1 saturated heterocycles. The summed E-state index contributed by atoms with van der Waals surface area (Å²) in [6, 6.07) is 6.68. The summed E-state index contributed by atoms with van der Waals surface area (Å²) in [6.45, 7) is 0.0148.